The van der Waals surface area contributed by atoms with Crippen LogP contribution in [0.15, 0.2) is 17.0 Å². The van der Waals surface area contributed by atoms with E-state index >= 15 is 0 Å². The molecule has 72 valence electrons. The van der Waals surface area contributed by atoms with Crippen LogP contribution in [0, 0.1) is 0 Å². The van der Waals surface area contributed by atoms with Crippen LogP contribution >= 0.6 is 23.2 Å². The van der Waals surface area contributed by atoms with Crippen molar-refractivity contribution in [3.05, 3.63) is 22.4 Å². The van der Waals surface area contributed by atoms with Gasteiger partial charge in [-0.1, -0.05) is 23.2 Å². The van der Waals surface area contributed by atoms with E-state index in [2.05, 4.69) is 9.71 Å². The van der Waals surface area contributed by atoms with Gasteiger partial charge in [-0.2, -0.15) is 0 Å². The number of halogens is 2. The molecule has 0 amide bonds. The highest BCUT2D eigenvalue weighted by Gasteiger charge is 2.13. The van der Waals surface area contributed by atoms with Gasteiger partial charge in [0.25, 0.3) is 0 Å². The zero-order valence-electron chi connectivity index (χ0n) is 6.58. The fourth-order valence-corrected chi connectivity index (χ4v) is 2.08. The predicted octanol–water partition coefficient (Wildman–Crippen LogP) is 1.30. The maximum absolute atomic E-state index is 11.2. The molecule has 0 fully saturated rings. The molecule has 0 unspecified atom stereocenters. The zero-order chi connectivity index (χ0) is 10.1. The smallest absolute Gasteiger partial charge is 0.224 e. The number of aromatic nitrogens is 1. The van der Waals surface area contributed by atoms with Crippen LogP contribution in [0.3, 0.4) is 0 Å². The SMILES string of the molecule is CNS(=O)(=O)c1cc(Cl)nc(Cl)c1. The molecule has 0 aromatic carbocycles. The highest BCUT2D eigenvalue weighted by Crippen LogP contribution is 2.17. The summed E-state index contributed by atoms with van der Waals surface area (Å²) in [4.78, 5) is 3.62. The highest BCUT2D eigenvalue weighted by molar-refractivity contribution is 7.89. The molecular weight excluding hydrogens is 235 g/mol. The highest BCUT2D eigenvalue weighted by atomic mass is 35.5. The van der Waals surface area contributed by atoms with Crippen LogP contribution in [0.5, 0.6) is 0 Å². The van der Waals surface area contributed by atoms with Crippen molar-refractivity contribution in [1.29, 1.82) is 0 Å². The summed E-state index contributed by atoms with van der Waals surface area (Å²) in [6, 6.07) is 2.44. The molecule has 1 heterocycles. The molecule has 0 aliphatic carbocycles. The summed E-state index contributed by atoms with van der Waals surface area (Å²) >= 11 is 11.1. The first-order valence-electron chi connectivity index (χ1n) is 3.22. The van der Waals surface area contributed by atoms with Gasteiger partial charge in [-0.05, 0) is 19.2 Å². The Morgan fingerprint density at radius 1 is 1.31 bits per heavy atom. The molecule has 0 radical (unpaired) electrons. The average molecular weight is 241 g/mol. The van der Waals surface area contributed by atoms with Crippen LogP contribution < -0.4 is 4.72 Å². The van der Waals surface area contributed by atoms with Gasteiger partial charge in [0, 0.05) is 0 Å². The Balaban J connectivity index is 3.32. The summed E-state index contributed by atoms with van der Waals surface area (Å²) in [7, 11) is -2.20. The third kappa shape index (κ3) is 2.54. The van der Waals surface area contributed by atoms with Gasteiger partial charge in [0.15, 0.2) is 0 Å². The van der Waals surface area contributed by atoms with Crippen LogP contribution in [0.1, 0.15) is 0 Å². The van der Waals surface area contributed by atoms with Crippen LogP contribution in [-0.4, -0.2) is 20.4 Å². The van der Waals surface area contributed by atoms with E-state index in [1.54, 1.807) is 0 Å². The van der Waals surface area contributed by atoms with Gasteiger partial charge in [-0.3, -0.25) is 0 Å². The summed E-state index contributed by atoms with van der Waals surface area (Å²) in [6.07, 6.45) is 0. The Labute approximate surface area is 85.9 Å². The number of hydrogen-bond donors (Lipinski definition) is 1. The lowest BCUT2D eigenvalue weighted by Gasteiger charge is -2.02. The normalized spacial score (nSPS) is 11.6. The summed E-state index contributed by atoms with van der Waals surface area (Å²) in [5, 5.41) is 0.0858. The number of rotatable bonds is 2. The second kappa shape index (κ2) is 3.79. The first-order valence-corrected chi connectivity index (χ1v) is 5.46. The maximum Gasteiger partial charge on any atom is 0.240 e. The van der Waals surface area contributed by atoms with Crippen molar-refractivity contribution < 1.29 is 8.42 Å². The minimum absolute atomic E-state index is 0.000000000000000444. The lowest BCUT2D eigenvalue weighted by molar-refractivity contribution is 0.588. The predicted molar refractivity (Wildman–Crippen MR) is 50.5 cm³/mol. The van der Waals surface area contributed by atoms with Gasteiger partial charge >= 0.3 is 0 Å². The van der Waals surface area contributed by atoms with Crippen molar-refractivity contribution in [3.63, 3.8) is 0 Å². The molecule has 0 aliphatic heterocycles. The fraction of sp³-hybridized carbons (Fsp3) is 0.167. The molecule has 1 N–H and O–H groups in total. The quantitative estimate of drug-likeness (QED) is 0.794. The van der Waals surface area contributed by atoms with Gasteiger partial charge < -0.3 is 0 Å². The second-order valence-electron chi connectivity index (χ2n) is 2.16. The Morgan fingerprint density at radius 3 is 2.15 bits per heavy atom. The molecule has 1 aromatic rings. The molecule has 0 saturated carbocycles. The molecule has 4 nitrogen and oxygen atoms in total. The van der Waals surface area contributed by atoms with E-state index in [9.17, 15) is 8.42 Å². The Bertz CT molecular complexity index is 398. The van der Waals surface area contributed by atoms with Crippen molar-refractivity contribution in [2.45, 2.75) is 4.90 Å². The largest absolute Gasteiger partial charge is 0.240 e. The van der Waals surface area contributed by atoms with Crippen molar-refractivity contribution in [3.8, 4) is 0 Å². The lowest BCUT2D eigenvalue weighted by Crippen LogP contribution is -2.18. The van der Waals surface area contributed by atoms with Crippen LogP contribution in [0.4, 0.5) is 0 Å². The van der Waals surface area contributed by atoms with E-state index in [0.717, 1.165) is 0 Å². The third-order valence-electron chi connectivity index (χ3n) is 1.32. The van der Waals surface area contributed by atoms with Crippen LogP contribution in [0.2, 0.25) is 10.3 Å². The van der Waals surface area contributed by atoms with Crippen LogP contribution in [-0.2, 0) is 10.0 Å². The van der Waals surface area contributed by atoms with Crippen molar-refractivity contribution >= 4 is 33.2 Å². The molecular formula is C6H6Cl2N2O2S. The molecule has 1 rings (SSSR count). The number of pyridine rings is 1. The number of nitrogens with one attached hydrogen (secondary N) is 1. The molecule has 0 saturated heterocycles. The Morgan fingerprint density at radius 2 is 1.77 bits per heavy atom. The molecule has 13 heavy (non-hydrogen) atoms. The van der Waals surface area contributed by atoms with E-state index in [4.69, 9.17) is 23.2 Å². The van der Waals surface area contributed by atoms with Gasteiger partial charge in [-0.15, -0.1) is 0 Å². The van der Waals surface area contributed by atoms with Gasteiger partial charge in [0.05, 0.1) is 4.90 Å². The Kier molecular flexibility index (Phi) is 3.13. The zero-order valence-corrected chi connectivity index (χ0v) is 8.91. The van der Waals surface area contributed by atoms with Gasteiger partial charge in [0.1, 0.15) is 10.3 Å². The third-order valence-corrected chi connectivity index (χ3v) is 3.10. The van der Waals surface area contributed by atoms with E-state index in [0.29, 0.717) is 0 Å². The summed E-state index contributed by atoms with van der Waals surface area (Å²) in [6.45, 7) is 0. The molecule has 0 atom stereocenters. The number of sulfonamides is 1. The lowest BCUT2D eigenvalue weighted by atomic mass is 10.5. The topological polar surface area (TPSA) is 59.1 Å². The Hall–Kier alpha value is -0.360. The maximum atomic E-state index is 11.2. The van der Waals surface area contributed by atoms with Crippen molar-refractivity contribution in [2.75, 3.05) is 7.05 Å². The second-order valence-corrected chi connectivity index (χ2v) is 4.82. The number of nitrogens with zero attached hydrogens (tertiary/aromatic N) is 1. The summed E-state index contributed by atoms with van der Waals surface area (Å²) in [5.41, 5.74) is 0. The number of hydrogen-bond acceptors (Lipinski definition) is 3. The van der Waals surface area contributed by atoms with E-state index < -0.39 is 10.0 Å². The molecule has 0 aliphatic rings. The van der Waals surface area contributed by atoms with Crippen molar-refractivity contribution in [2.24, 2.45) is 0 Å². The fourth-order valence-electron chi connectivity index (χ4n) is 0.716. The van der Waals surface area contributed by atoms with E-state index in [-0.39, 0.29) is 15.2 Å². The minimum atomic E-state index is -3.50. The standard InChI is InChI=1S/C6H6Cl2N2O2S/c1-9-13(11,12)4-2-5(7)10-6(8)3-4/h2-3,9H,1H3. The van der Waals surface area contributed by atoms with Crippen molar-refractivity contribution in [1.82, 2.24) is 9.71 Å². The van der Waals surface area contributed by atoms with Gasteiger partial charge in [0.2, 0.25) is 10.0 Å². The monoisotopic (exact) mass is 240 g/mol. The molecule has 1 aromatic heterocycles. The molecule has 7 heteroatoms. The van der Waals surface area contributed by atoms with Crippen LogP contribution in [0.25, 0.3) is 0 Å². The van der Waals surface area contributed by atoms with E-state index in [1.165, 1.54) is 19.2 Å². The first kappa shape index (κ1) is 10.7. The minimum Gasteiger partial charge on any atom is -0.224 e. The molecule has 0 bridgehead atoms. The van der Waals surface area contributed by atoms with E-state index in [1.807, 2.05) is 0 Å². The average Bonchev–Trinajstić information content (AvgIpc) is 2.02. The van der Waals surface area contributed by atoms with Gasteiger partial charge in [-0.25, -0.2) is 18.1 Å². The summed E-state index contributed by atoms with van der Waals surface area (Å²) in [5.74, 6) is 0. The first-order chi connectivity index (χ1) is 5.95. The summed E-state index contributed by atoms with van der Waals surface area (Å²) < 4.78 is 24.6. The molecule has 0 spiro atoms.